The number of nitrogens with one attached hydrogen (secondary N) is 1. The molecule has 2 rings (SSSR count). The Labute approximate surface area is 120 Å². The highest BCUT2D eigenvalue weighted by molar-refractivity contribution is 5.96. The van der Waals surface area contributed by atoms with E-state index < -0.39 is 10.8 Å². The average molecular weight is 292 g/mol. The lowest BCUT2D eigenvalue weighted by atomic mass is 10.1. The quantitative estimate of drug-likeness (QED) is 0.664. The minimum Gasteiger partial charge on any atom is -0.344 e. The molecule has 1 amide bonds. The lowest BCUT2D eigenvalue weighted by molar-refractivity contribution is -0.385. The fourth-order valence-electron chi connectivity index (χ4n) is 2.16. The Kier molecular flexibility index (Phi) is 3.74. The Hall–Kier alpha value is -2.71. The molecule has 0 fully saturated rings. The zero-order chi connectivity index (χ0) is 15.7. The maximum atomic E-state index is 12.2. The van der Waals surface area contributed by atoms with Gasteiger partial charge in [-0.25, -0.2) is 0 Å². The van der Waals surface area contributed by atoms with Gasteiger partial charge in [-0.05, 0) is 13.8 Å². The molecule has 0 saturated heterocycles. The van der Waals surface area contributed by atoms with Gasteiger partial charge in [-0.1, -0.05) is 0 Å². The second kappa shape index (κ2) is 5.35. The van der Waals surface area contributed by atoms with E-state index in [-0.39, 0.29) is 17.4 Å². The highest BCUT2D eigenvalue weighted by Gasteiger charge is 2.26. The van der Waals surface area contributed by atoms with Crippen LogP contribution in [-0.4, -0.2) is 30.4 Å². The van der Waals surface area contributed by atoms with Crippen molar-refractivity contribution in [2.45, 2.75) is 19.9 Å². The van der Waals surface area contributed by atoms with Crippen LogP contribution in [0.4, 0.5) is 5.69 Å². The Morgan fingerprint density at radius 3 is 2.48 bits per heavy atom. The smallest absolute Gasteiger partial charge is 0.320 e. The summed E-state index contributed by atoms with van der Waals surface area (Å²) in [6.07, 6.45) is 3.00. The number of hydrogen-bond acceptors (Lipinski definition) is 5. The van der Waals surface area contributed by atoms with Gasteiger partial charge in [-0.3, -0.25) is 24.3 Å². The first-order valence-electron chi connectivity index (χ1n) is 6.28. The van der Waals surface area contributed by atoms with Gasteiger partial charge in [0.2, 0.25) is 5.69 Å². The lowest BCUT2D eigenvalue weighted by Gasteiger charge is -2.11. The van der Waals surface area contributed by atoms with Crippen molar-refractivity contribution in [2.75, 3.05) is 0 Å². The monoisotopic (exact) mass is 292 g/mol. The number of aromatic nitrogens is 4. The van der Waals surface area contributed by atoms with E-state index in [1.54, 1.807) is 24.9 Å². The normalized spacial score (nSPS) is 12.2. The molecule has 21 heavy (non-hydrogen) atoms. The Bertz CT molecular complexity index is 702. The zero-order valence-corrected chi connectivity index (χ0v) is 12.2. The van der Waals surface area contributed by atoms with E-state index in [0.29, 0.717) is 0 Å². The molecule has 2 heterocycles. The van der Waals surface area contributed by atoms with Gasteiger partial charge in [0, 0.05) is 25.9 Å². The summed E-state index contributed by atoms with van der Waals surface area (Å²) in [5.41, 5.74) is 1.13. The molecule has 0 bridgehead atoms. The first-order valence-corrected chi connectivity index (χ1v) is 6.28. The van der Waals surface area contributed by atoms with Gasteiger partial charge in [0.1, 0.15) is 6.20 Å². The highest BCUT2D eigenvalue weighted by Crippen LogP contribution is 2.19. The molecule has 0 radical (unpaired) electrons. The Balaban J connectivity index is 2.22. The maximum Gasteiger partial charge on any atom is 0.320 e. The van der Waals surface area contributed by atoms with Crippen LogP contribution in [0, 0.1) is 17.0 Å². The second-order valence-electron chi connectivity index (χ2n) is 4.83. The largest absolute Gasteiger partial charge is 0.344 e. The molecule has 0 aliphatic rings. The van der Waals surface area contributed by atoms with Gasteiger partial charge in [0.05, 0.1) is 16.7 Å². The van der Waals surface area contributed by atoms with Crippen LogP contribution in [0.3, 0.4) is 0 Å². The topological polar surface area (TPSA) is 108 Å². The average Bonchev–Trinajstić information content (AvgIpc) is 2.92. The number of carbonyl (C=O) groups excluding carboxylic acids is 1. The molecule has 2 aromatic heterocycles. The number of nitro groups is 1. The first kappa shape index (κ1) is 14.7. The van der Waals surface area contributed by atoms with Gasteiger partial charge in [0.15, 0.2) is 0 Å². The fraction of sp³-hybridized carbons (Fsp3) is 0.417. The van der Waals surface area contributed by atoms with Crippen LogP contribution in [0.15, 0.2) is 12.4 Å². The third kappa shape index (κ3) is 2.91. The van der Waals surface area contributed by atoms with Crippen LogP contribution in [0.5, 0.6) is 0 Å². The minimum atomic E-state index is -0.623. The molecule has 0 aliphatic heterocycles. The number of hydrogen-bond donors (Lipinski definition) is 1. The van der Waals surface area contributed by atoms with Crippen molar-refractivity contribution in [2.24, 2.45) is 14.1 Å². The Morgan fingerprint density at radius 2 is 1.95 bits per heavy atom. The van der Waals surface area contributed by atoms with E-state index in [2.05, 4.69) is 15.5 Å². The van der Waals surface area contributed by atoms with Crippen molar-refractivity contribution < 1.29 is 9.72 Å². The van der Waals surface area contributed by atoms with Gasteiger partial charge >= 0.3 is 5.69 Å². The van der Waals surface area contributed by atoms with Crippen LogP contribution in [0.2, 0.25) is 0 Å². The predicted octanol–water partition coefficient (Wildman–Crippen LogP) is 0.861. The molecule has 0 unspecified atom stereocenters. The van der Waals surface area contributed by atoms with Crippen molar-refractivity contribution in [1.29, 1.82) is 0 Å². The Morgan fingerprint density at radius 1 is 1.33 bits per heavy atom. The molecule has 0 aromatic carbocycles. The van der Waals surface area contributed by atoms with Crippen LogP contribution >= 0.6 is 0 Å². The molecule has 1 atom stereocenters. The van der Waals surface area contributed by atoms with Crippen molar-refractivity contribution in [3.8, 4) is 0 Å². The summed E-state index contributed by atoms with van der Waals surface area (Å²) in [4.78, 5) is 22.5. The molecule has 9 nitrogen and oxygen atoms in total. The van der Waals surface area contributed by atoms with Crippen LogP contribution in [0.1, 0.15) is 34.7 Å². The first-order chi connectivity index (χ1) is 9.79. The van der Waals surface area contributed by atoms with Crippen molar-refractivity contribution in [3.63, 3.8) is 0 Å². The number of rotatable bonds is 4. The van der Waals surface area contributed by atoms with Gasteiger partial charge in [0.25, 0.3) is 5.91 Å². The maximum absolute atomic E-state index is 12.2. The standard InChI is InChI=1S/C12H16N6O3/c1-7(9-5-16(3)14-8(9)2)13-12(19)11-10(18(20)21)6-17(4)15-11/h5-7H,1-4H3,(H,13,19)/t7-/m1/s1. The van der Waals surface area contributed by atoms with E-state index >= 15 is 0 Å². The lowest BCUT2D eigenvalue weighted by Crippen LogP contribution is -2.28. The summed E-state index contributed by atoms with van der Waals surface area (Å²) < 4.78 is 2.89. The third-order valence-electron chi connectivity index (χ3n) is 3.09. The van der Waals surface area contributed by atoms with Crippen LogP contribution < -0.4 is 5.32 Å². The summed E-state index contributed by atoms with van der Waals surface area (Å²) in [5, 5.41) is 21.7. The zero-order valence-electron chi connectivity index (χ0n) is 12.2. The number of carbonyl (C=O) groups is 1. The molecular formula is C12H16N6O3. The molecule has 0 aliphatic carbocycles. The summed E-state index contributed by atoms with van der Waals surface area (Å²) in [5.74, 6) is -0.585. The molecule has 112 valence electrons. The van der Waals surface area contributed by atoms with E-state index in [4.69, 9.17) is 0 Å². The fourth-order valence-corrected chi connectivity index (χ4v) is 2.16. The van der Waals surface area contributed by atoms with Crippen LogP contribution in [-0.2, 0) is 14.1 Å². The van der Waals surface area contributed by atoms with Gasteiger partial charge < -0.3 is 5.32 Å². The van der Waals surface area contributed by atoms with E-state index in [1.165, 1.54) is 17.9 Å². The molecular weight excluding hydrogens is 276 g/mol. The molecule has 1 N–H and O–H groups in total. The third-order valence-corrected chi connectivity index (χ3v) is 3.09. The summed E-state index contributed by atoms with van der Waals surface area (Å²) in [7, 11) is 3.31. The van der Waals surface area contributed by atoms with Crippen molar-refractivity contribution in [1.82, 2.24) is 24.9 Å². The molecule has 0 saturated carbocycles. The minimum absolute atomic E-state index is 0.198. The number of amides is 1. The summed E-state index contributed by atoms with van der Waals surface area (Å²) >= 11 is 0. The van der Waals surface area contributed by atoms with Gasteiger partial charge in [-0.15, -0.1) is 0 Å². The van der Waals surface area contributed by atoms with Gasteiger partial charge in [-0.2, -0.15) is 10.2 Å². The predicted molar refractivity (Wildman–Crippen MR) is 73.7 cm³/mol. The highest BCUT2D eigenvalue weighted by atomic mass is 16.6. The summed E-state index contributed by atoms with van der Waals surface area (Å²) in [6, 6.07) is -0.326. The summed E-state index contributed by atoms with van der Waals surface area (Å²) in [6.45, 7) is 3.62. The van der Waals surface area contributed by atoms with Crippen LogP contribution in [0.25, 0.3) is 0 Å². The van der Waals surface area contributed by atoms with Crippen molar-refractivity contribution >= 4 is 11.6 Å². The molecule has 2 aromatic rings. The van der Waals surface area contributed by atoms with Crippen molar-refractivity contribution in [3.05, 3.63) is 39.5 Å². The second-order valence-corrected chi connectivity index (χ2v) is 4.83. The number of nitrogens with zero attached hydrogens (tertiary/aromatic N) is 5. The number of aryl methyl sites for hydroxylation is 3. The molecule has 9 heteroatoms. The van der Waals surface area contributed by atoms with E-state index in [1.807, 2.05) is 6.92 Å². The SMILES string of the molecule is Cc1nn(C)cc1[C@@H](C)NC(=O)c1nn(C)cc1[N+](=O)[O-]. The van der Waals surface area contributed by atoms with E-state index in [0.717, 1.165) is 11.3 Å². The molecule has 0 spiro atoms. The van der Waals surface area contributed by atoms with E-state index in [9.17, 15) is 14.9 Å².